The van der Waals surface area contributed by atoms with E-state index in [-0.39, 0.29) is 18.1 Å². The minimum atomic E-state index is -1.08. The first kappa shape index (κ1) is 14.0. The molecule has 0 fully saturated rings. The number of carbonyl (C=O) groups excluding carboxylic acids is 1. The molecule has 20 heavy (non-hydrogen) atoms. The van der Waals surface area contributed by atoms with Crippen LogP contribution in [0.2, 0.25) is 0 Å². The molecule has 6 nitrogen and oxygen atoms in total. The second-order valence-electron chi connectivity index (χ2n) is 4.13. The lowest BCUT2D eigenvalue weighted by Crippen LogP contribution is -2.23. The van der Waals surface area contributed by atoms with Gasteiger partial charge in [0.15, 0.2) is 5.69 Å². The fourth-order valence-electron chi connectivity index (χ4n) is 1.64. The molecular weight excluding hydrogens is 278 g/mol. The lowest BCUT2D eigenvalue weighted by molar-refractivity contribution is 0.0691. The molecule has 0 radical (unpaired) electrons. The molecule has 0 saturated heterocycles. The van der Waals surface area contributed by atoms with Crippen molar-refractivity contribution in [3.8, 4) is 0 Å². The van der Waals surface area contributed by atoms with Crippen LogP contribution >= 0.6 is 11.3 Å². The van der Waals surface area contributed by atoms with Crippen LogP contribution in [0, 0.1) is 6.92 Å². The standard InChI is InChI=1S/C13H13N3O3S/c1-7-8(3-2-4-9(7)14)12(17)15-5-11-16-10(6-20-11)13(18)19/h2-4,6H,5,14H2,1H3,(H,15,17)(H,18,19). The average molecular weight is 291 g/mol. The van der Waals surface area contributed by atoms with Crippen molar-refractivity contribution in [1.29, 1.82) is 0 Å². The Morgan fingerprint density at radius 2 is 2.20 bits per heavy atom. The van der Waals surface area contributed by atoms with Gasteiger partial charge in [-0.2, -0.15) is 0 Å². The number of thiazole rings is 1. The van der Waals surface area contributed by atoms with Gasteiger partial charge >= 0.3 is 5.97 Å². The minimum absolute atomic E-state index is 0.0145. The number of anilines is 1. The Labute approximate surface area is 119 Å². The van der Waals surface area contributed by atoms with E-state index in [0.717, 1.165) is 5.56 Å². The molecule has 2 aromatic rings. The number of carboxylic acids is 1. The van der Waals surface area contributed by atoms with E-state index in [9.17, 15) is 9.59 Å². The predicted molar refractivity (Wildman–Crippen MR) is 75.8 cm³/mol. The second kappa shape index (κ2) is 5.70. The highest BCUT2D eigenvalue weighted by atomic mass is 32.1. The number of carbonyl (C=O) groups is 2. The van der Waals surface area contributed by atoms with E-state index in [1.165, 1.54) is 16.7 Å². The lowest BCUT2D eigenvalue weighted by Gasteiger charge is -2.08. The van der Waals surface area contributed by atoms with Gasteiger partial charge in [0.05, 0.1) is 6.54 Å². The molecule has 0 unspecified atom stereocenters. The predicted octanol–water partition coefficient (Wildman–Crippen LogP) is 1.66. The van der Waals surface area contributed by atoms with Gasteiger partial charge in [-0.1, -0.05) is 6.07 Å². The number of nitrogens with two attached hydrogens (primary N) is 1. The Hall–Kier alpha value is -2.41. The summed E-state index contributed by atoms with van der Waals surface area (Å²) in [7, 11) is 0. The highest BCUT2D eigenvalue weighted by Crippen LogP contribution is 2.16. The Balaban J connectivity index is 2.05. The van der Waals surface area contributed by atoms with Crippen LogP contribution in [-0.4, -0.2) is 22.0 Å². The fourth-order valence-corrected chi connectivity index (χ4v) is 2.35. The summed E-state index contributed by atoms with van der Waals surface area (Å²) < 4.78 is 0. The SMILES string of the molecule is Cc1c(N)cccc1C(=O)NCc1nc(C(=O)O)cs1. The number of nitrogen functional groups attached to an aromatic ring is 1. The molecule has 1 amide bonds. The smallest absolute Gasteiger partial charge is 0.355 e. The number of amides is 1. The zero-order chi connectivity index (χ0) is 14.7. The largest absolute Gasteiger partial charge is 0.476 e. The average Bonchev–Trinajstić information content (AvgIpc) is 2.88. The van der Waals surface area contributed by atoms with Crippen LogP contribution in [0.3, 0.4) is 0 Å². The van der Waals surface area contributed by atoms with Crippen molar-refractivity contribution in [3.05, 3.63) is 45.4 Å². The van der Waals surface area contributed by atoms with Gasteiger partial charge in [-0.05, 0) is 24.6 Å². The van der Waals surface area contributed by atoms with Crippen LogP contribution < -0.4 is 11.1 Å². The van der Waals surface area contributed by atoms with E-state index >= 15 is 0 Å². The van der Waals surface area contributed by atoms with Crippen LogP contribution in [0.15, 0.2) is 23.6 Å². The number of rotatable bonds is 4. The van der Waals surface area contributed by atoms with Gasteiger partial charge in [0.25, 0.3) is 5.91 Å². The molecule has 0 spiro atoms. The number of nitrogens with one attached hydrogen (secondary N) is 1. The van der Waals surface area contributed by atoms with Crippen molar-refractivity contribution >= 4 is 28.9 Å². The number of hydrogen-bond donors (Lipinski definition) is 3. The van der Waals surface area contributed by atoms with Gasteiger partial charge < -0.3 is 16.2 Å². The zero-order valence-electron chi connectivity index (χ0n) is 10.7. The van der Waals surface area contributed by atoms with Gasteiger partial charge in [-0.15, -0.1) is 11.3 Å². The Morgan fingerprint density at radius 1 is 1.45 bits per heavy atom. The first-order valence-corrected chi connectivity index (χ1v) is 6.68. The molecule has 1 aromatic heterocycles. The van der Waals surface area contributed by atoms with Crippen molar-refractivity contribution in [3.63, 3.8) is 0 Å². The number of hydrogen-bond acceptors (Lipinski definition) is 5. The first-order valence-electron chi connectivity index (χ1n) is 5.80. The zero-order valence-corrected chi connectivity index (χ0v) is 11.5. The quantitative estimate of drug-likeness (QED) is 0.743. The molecule has 1 aromatic carbocycles. The second-order valence-corrected chi connectivity index (χ2v) is 5.08. The highest BCUT2D eigenvalue weighted by Gasteiger charge is 2.12. The molecule has 1 heterocycles. The Kier molecular flexibility index (Phi) is 3.99. The third-order valence-electron chi connectivity index (χ3n) is 2.79. The van der Waals surface area contributed by atoms with Crippen LogP contribution in [0.1, 0.15) is 31.4 Å². The van der Waals surface area contributed by atoms with Crippen molar-refractivity contribution in [2.45, 2.75) is 13.5 Å². The van der Waals surface area contributed by atoms with Crippen molar-refractivity contribution < 1.29 is 14.7 Å². The summed E-state index contributed by atoms with van der Waals surface area (Å²) in [5.41, 5.74) is 7.51. The lowest BCUT2D eigenvalue weighted by atomic mass is 10.1. The summed E-state index contributed by atoms with van der Waals surface area (Å²) in [6.07, 6.45) is 0. The van der Waals surface area contributed by atoms with Crippen molar-refractivity contribution in [1.82, 2.24) is 10.3 Å². The van der Waals surface area contributed by atoms with Gasteiger partial charge in [0.2, 0.25) is 0 Å². The molecule has 7 heteroatoms. The van der Waals surface area contributed by atoms with Crippen molar-refractivity contribution in [2.24, 2.45) is 0 Å². The molecule has 0 aliphatic rings. The van der Waals surface area contributed by atoms with E-state index in [1.807, 2.05) is 0 Å². The maximum atomic E-state index is 12.0. The van der Waals surface area contributed by atoms with Crippen molar-refractivity contribution in [2.75, 3.05) is 5.73 Å². The summed E-state index contributed by atoms with van der Waals surface area (Å²) in [6.45, 7) is 1.96. The summed E-state index contributed by atoms with van der Waals surface area (Å²) in [5.74, 6) is -1.34. The number of carboxylic acid groups (broad SMARTS) is 1. The van der Waals surface area contributed by atoms with E-state index < -0.39 is 5.97 Å². The van der Waals surface area contributed by atoms with Crippen LogP contribution in [0.5, 0.6) is 0 Å². The maximum absolute atomic E-state index is 12.0. The van der Waals surface area contributed by atoms with E-state index in [2.05, 4.69) is 10.3 Å². The molecule has 0 atom stereocenters. The third-order valence-corrected chi connectivity index (χ3v) is 3.64. The van der Waals surface area contributed by atoms with E-state index in [0.29, 0.717) is 16.3 Å². The molecule has 0 aliphatic carbocycles. The van der Waals surface area contributed by atoms with Gasteiger partial charge in [-0.25, -0.2) is 9.78 Å². The maximum Gasteiger partial charge on any atom is 0.355 e. The highest BCUT2D eigenvalue weighted by molar-refractivity contribution is 7.09. The van der Waals surface area contributed by atoms with E-state index in [4.69, 9.17) is 10.8 Å². The van der Waals surface area contributed by atoms with Crippen LogP contribution in [0.4, 0.5) is 5.69 Å². The van der Waals surface area contributed by atoms with E-state index in [1.54, 1.807) is 25.1 Å². The molecule has 4 N–H and O–H groups in total. The topological polar surface area (TPSA) is 105 Å². The fraction of sp³-hybridized carbons (Fsp3) is 0.154. The van der Waals surface area contributed by atoms with Gasteiger partial charge in [0, 0.05) is 16.6 Å². The first-order chi connectivity index (χ1) is 9.49. The monoisotopic (exact) mass is 291 g/mol. The molecular formula is C13H13N3O3S. The normalized spacial score (nSPS) is 10.2. The number of nitrogens with zero attached hydrogens (tertiary/aromatic N) is 1. The summed E-state index contributed by atoms with van der Waals surface area (Å²) in [5, 5.41) is 13.4. The van der Waals surface area contributed by atoms with Crippen LogP contribution in [-0.2, 0) is 6.54 Å². The Bertz CT molecular complexity index is 667. The third kappa shape index (κ3) is 2.94. The number of benzene rings is 1. The number of aromatic nitrogens is 1. The summed E-state index contributed by atoms with van der Waals surface area (Å²) in [6, 6.07) is 5.13. The molecule has 0 aliphatic heterocycles. The molecule has 2 rings (SSSR count). The molecule has 0 saturated carbocycles. The summed E-state index contributed by atoms with van der Waals surface area (Å²) in [4.78, 5) is 26.6. The van der Waals surface area contributed by atoms with Gasteiger partial charge in [-0.3, -0.25) is 4.79 Å². The molecule has 0 bridgehead atoms. The molecule has 104 valence electrons. The van der Waals surface area contributed by atoms with Crippen LogP contribution in [0.25, 0.3) is 0 Å². The van der Waals surface area contributed by atoms with Gasteiger partial charge in [0.1, 0.15) is 5.01 Å². The summed E-state index contributed by atoms with van der Waals surface area (Å²) >= 11 is 1.19. The Morgan fingerprint density at radius 3 is 2.85 bits per heavy atom. The minimum Gasteiger partial charge on any atom is -0.476 e. The number of aromatic carboxylic acids is 1.